The van der Waals surface area contributed by atoms with E-state index in [0.29, 0.717) is 13.0 Å². The van der Waals surface area contributed by atoms with Gasteiger partial charge in [0.15, 0.2) is 0 Å². The minimum absolute atomic E-state index is 0.0239. The Morgan fingerprint density at radius 3 is 2.79 bits per heavy atom. The summed E-state index contributed by atoms with van der Waals surface area (Å²) in [7, 11) is 3.95. The third kappa shape index (κ3) is 3.25. The van der Waals surface area contributed by atoms with Crippen molar-refractivity contribution in [3.63, 3.8) is 0 Å². The van der Waals surface area contributed by atoms with Gasteiger partial charge in [-0.25, -0.2) is 0 Å². The van der Waals surface area contributed by atoms with E-state index in [-0.39, 0.29) is 24.5 Å². The molecule has 2 heterocycles. The molecular weight excluding hydrogens is 246 g/mol. The summed E-state index contributed by atoms with van der Waals surface area (Å²) in [4.78, 5) is 28.9. The number of hydrogen-bond acceptors (Lipinski definition) is 4. The maximum atomic E-state index is 11.9. The average Bonchev–Trinajstić information content (AvgIpc) is 2.88. The Bertz CT molecular complexity index is 359. The first-order chi connectivity index (χ1) is 8.99. The van der Waals surface area contributed by atoms with Gasteiger partial charge in [0.25, 0.3) is 0 Å². The van der Waals surface area contributed by atoms with Crippen molar-refractivity contribution >= 4 is 11.9 Å². The van der Waals surface area contributed by atoms with E-state index in [2.05, 4.69) is 0 Å². The molecular formula is C13H23N3O3. The van der Waals surface area contributed by atoms with Crippen LogP contribution < -0.4 is 0 Å². The zero-order chi connectivity index (χ0) is 14.0. The fourth-order valence-electron chi connectivity index (χ4n) is 3.17. The fraction of sp³-hybridized carbons (Fsp3) is 0.846. The quantitative estimate of drug-likeness (QED) is 0.717. The SMILES string of the molecule is CN(C)CCN(CC(=O)O)C1CC(=O)N2CCCC12. The number of carbonyl (C=O) groups is 2. The number of amides is 1. The lowest BCUT2D eigenvalue weighted by Crippen LogP contribution is -2.47. The minimum Gasteiger partial charge on any atom is -0.480 e. The van der Waals surface area contributed by atoms with Gasteiger partial charge in [-0.2, -0.15) is 0 Å². The Morgan fingerprint density at radius 2 is 2.16 bits per heavy atom. The van der Waals surface area contributed by atoms with Crippen LogP contribution >= 0.6 is 0 Å². The lowest BCUT2D eigenvalue weighted by atomic mass is 10.0. The van der Waals surface area contributed by atoms with Crippen LogP contribution in [-0.4, -0.2) is 84.0 Å². The second-order valence-electron chi connectivity index (χ2n) is 5.74. The Labute approximate surface area is 114 Å². The van der Waals surface area contributed by atoms with Gasteiger partial charge in [0.1, 0.15) is 0 Å². The summed E-state index contributed by atoms with van der Waals surface area (Å²) < 4.78 is 0. The lowest BCUT2D eigenvalue weighted by molar-refractivity contribution is -0.139. The normalized spacial score (nSPS) is 26.5. The van der Waals surface area contributed by atoms with Gasteiger partial charge in [-0.1, -0.05) is 0 Å². The Morgan fingerprint density at radius 1 is 1.42 bits per heavy atom. The molecule has 0 bridgehead atoms. The highest BCUT2D eigenvalue weighted by molar-refractivity contribution is 5.80. The van der Waals surface area contributed by atoms with Crippen LogP contribution in [-0.2, 0) is 9.59 Å². The van der Waals surface area contributed by atoms with E-state index in [1.165, 1.54) is 0 Å². The summed E-state index contributed by atoms with van der Waals surface area (Å²) in [5.41, 5.74) is 0. The molecule has 0 radical (unpaired) electrons. The molecule has 0 saturated carbocycles. The van der Waals surface area contributed by atoms with Gasteiger partial charge >= 0.3 is 5.97 Å². The first-order valence-corrected chi connectivity index (χ1v) is 6.89. The maximum Gasteiger partial charge on any atom is 0.317 e. The molecule has 2 fully saturated rings. The van der Waals surface area contributed by atoms with Gasteiger partial charge in [0.05, 0.1) is 6.54 Å². The van der Waals surface area contributed by atoms with Crippen molar-refractivity contribution in [3.05, 3.63) is 0 Å². The molecule has 0 aromatic heterocycles. The van der Waals surface area contributed by atoms with Crippen LogP contribution in [0, 0.1) is 0 Å². The van der Waals surface area contributed by atoms with E-state index >= 15 is 0 Å². The zero-order valence-electron chi connectivity index (χ0n) is 11.7. The molecule has 2 aliphatic rings. The zero-order valence-corrected chi connectivity index (χ0v) is 11.7. The van der Waals surface area contributed by atoms with Crippen LogP contribution in [0.15, 0.2) is 0 Å². The number of likely N-dealkylation sites (N-methyl/N-ethyl adjacent to an activating group) is 1. The van der Waals surface area contributed by atoms with Gasteiger partial charge < -0.3 is 14.9 Å². The summed E-state index contributed by atoms with van der Waals surface area (Å²) >= 11 is 0. The van der Waals surface area contributed by atoms with E-state index in [4.69, 9.17) is 5.11 Å². The van der Waals surface area contributed by atoms with Crippen molar-refractivity contribution in [2.45, 2.75) is 31.3 Å². The summed E-state index contributed by atoms with van der Waals surface area (Å²) in [6.45, 7) is 2.37. The first-order valence-electron chi connectivity index (χ1n) is 6.89. The number of fused-ring (bicyclic) bond motifs is 1. The average molecular weight is 269 g/mol. The Kier molecular flexibility index (Phi) is 4.42. The van der Waals surface area contributed by atoms with Crippen molar-refractivity contribution in [2.24, 2.45) is 0 Å². The third-order valence-corrected chi connectivity index (χ3v) is 4.09. The molecule has 2 aliphatic heterocycles. The molecule has 0 aromatic rings. The van der Waals surface area contributed by atoms with E-state index < -0.39 is 5.97 Å². The van der Waals surface area contributed by atoms with Crippen LogP contribution in [0.4, 0.5) is 0 Å². The lowest BCUT2D eigenvalue weighted by Gasteiger charge is -2.31. The molecule has 2 saturated heterocycles. The number of carboxylic acid groups (broad SMARTS) is 1. The van der Waals surface area contributed by atoms with Crippen LogP contribution in [0.1, 0.15) is 19.3 Å². The molecule has 0 spiro atoms. The van der Waals surface area contributed by atoms with Crippen LogP contribution in [0.5, 0.6) is 0 Å². The monoisotopic (exact) mass is 269 g/mol. The highest BCUT2D eigenvalue weighted by Gasteiger charge is 2.45. The predicted octanol–water partition coefficient (Wildman–Crippen LogP) is -0.302. The molecule has 19 heavy (non-hydrogen) atoms. The van der Waals surface area contributed by atoms with Gasteiger partial charge in [0, 0.05) is 38.1 Å². The van der Waals surface area contributed by atoms with Crippen molar-refractivity contribution in [2.75, 3.05) is 40.3 Å². The molecule has 2 atom stereocenters. The third-order valence-electron chi connectivity index (χ3n) is 4.09. The van der Waals surface area contributed by atoms with Gasteiger partial charge in [-0.3, -0.25) is 14.5 Å². The highest BCUT2D eigenvalue weighted by Crippen LogP contribution is 2.32. The summed E-state index contributed by atoms with van der Waals surface area (Å²) in [6, 6.07) is 0.306. The number of rotatable bonds is 6. The summed E-state index contributed by atoms with van der Waals surface area (Å²) in [5.74, 6) is -0.629. The van der Waals surface area contributed by atoms with Crippen LogP contribution in [0.2, 0.25) is 0 Å². The Balaban J connectivity index is 2.04. The molecule has 6 nitrogen and oxygen atoms in total. The topological polar surface area (TPSA) is 64.1 Å². The first kappa shape index (κ1) is 14.3. The van der Waals surface area contributed by atoms with E-state index in [1.807, 2.05) is 28.8 Å². The highest BCUT2D eigenvalue weighted by atomic mass is 16.4. The molecule has 108 valence electrons. The van der Waals surface area contributed by atoms with E-state index in [9.17, 15) is 9.59 Å². The smallest absolute Gasteiger partial charge is 0.317 e. The van der Waals surface area contributed by atoms with Gasteiger partial charge in [0.2, 0.25) is 5.91 Å². The summed E-state index contributed by atoms with van der Waals surface area (Å²) in [6.07, 6.45) is 2.53. The Hall–Kier alpha value is -1.14. The van der Waals surface area contributed by atoms with E-state index in [1.54, 1.807) is 0 Å². The number of carbonyl (C=O) groups excluding carboxylic acids is 1. The van der Waals surface area contributed by atoms with Crippen LogP contribution in [0.3, 0.4) is 0 Å². The second-order valence-corrected chi connectivity index (χ2v) is 5.74. The van der Waals surface area contributed by atoms with Crippen molar-refractivity contribution in [1.29, 1.82) is 0 Å². The number of carboxylic acids is 1. The summed E-state index contributed by atoms with van der Waals surface area (Å²) in [5, 5.41) is 9.06. The largest absolute Gasteiger partial charge is 0.480 e. The minimum atomic E-state index is -0.817. The standard InChI is InChI=1S/C13H23N3O3/c1-14(2)6-7-15(9-13(18)19)11-8-12(17)16-5-3-4-10(11)16/h10-11H,3-9H2,1-2H3,(H,18,19). The van der Waals surface area contributed by atoms with Crippen molar-refractivity contribution in [3.8, 4) is 0 Å². The predicted molar refractivity (Wildman–Crippen MR) is 70.9 cm³/mol. The van der Waals surface area contributed by atoms with Crippen molar-refractivity contribution < 1.29 is 14.7 Å². The molecule has 0 aromatic carbocycles. The second kappa shape index (κ2) is 5.88. The van der Waals surface area contributed by atoms with Gasteiger partial charge in [-0.05, 0) is 26.9 Å². The van der Waals surface area contributed by atoms with Gasteiger partial charge in [-0.15, -0.1) is 0 Å². The molecule has 0 aliphatic carbocycles. The molecule has 1 N–H and O–H groups in total. The molecule has 2 rings (SSSR count). The number of aliphatic carboxylic acids is 1. The molecule has 1 amide bonds. The molecule has 6 heteroatoms. The molecule has 2 unspecified atom stereocenters. The van der Waals surface area contributed by atoms with E-state index in [0.717, 1.165) is 25.9 Å². The maximum absolute atomic E-state index is 11.9. The fourth-order valence-corrected chi connectivity index (χ4v) is 3.17. The number of nitrogens with zero attached hydrogens (tertiary/aromatic N) is 3. The van der Waals surface area contributed by atoms with Crippen molar-refractivity contribution in [1.82, 2.24) is 14.7 Å². The van der Waals surface area contributed by atoms with Crippen LogP contribution in [0.25, 0.3) is 0 Å². The number of hydrogen-bond donors (Lipinski definition) is 1.